The number of ether oxygens (including phenoxy) is 2. The number of anilines is 1. The second-order valence-corrected chi connectivity index (χ2v) is 16.9. The number of fused-ring (bicyclic) bond motifs is 4. The van der Waals surface area contributed by atoms with Gasteiger partial charge in [-0.15, -0.1) is 0 Å². The highest BCUT2D eigenvalue weighted by Crippen LogP contribution is 2.47. The number of aromatic nitrogens is 3. The number of allylic oxidation sites excluding steroid dienone is 1. The van der Waals surface area contributed by atoms with Crippen molar-refractivity contribution in [3.63, 3.8) is 0 Å². The Kier molecular flexibility index (Phi) is 9.95. The Hall–Kier alpha value is -3.54. The lowest BCUT2D eigenvalue weighted by molar-refractivity contribution is -0.116. The first-order valence-corrected chi connectivity index (χ1v) is 19.6. The van der Waals surface area contributed by atoms with Crippen LogP contribution in [0.4, 0.5) is 5.69 Å². The number of hydrogen-bond acceptors (Lipinski definition) is 8. The fourth-order valence-electron chi connectivity index (χ4n) is 8.10. The van der Waals surface area contributed by atoms with Crippen LogP contribution >= 0.6 is 11.6 Å². The second-order valence-electron chi connectivity index (χ2n) is 14.0. The maximum Gasteiger partial charge on any atom is 0.285 e. The summed E-state index contributed by atoms with van der Waals surface area (Å²) in [5, 5.41) is 4.79. The van der Waals surface area contributed by atoms with E-state index in [4.69, 9.17) is 21.1 Å². The van der Waals surface area contributed by atoms with Crippen molar-refractivity contribution in [2.75, 3.05) is 43.2 Å². The predicted octanol–water partition coefficient (Wildman–Crippen LogP) is 6.06. The van der Waals surface area contributed by atoms with Crippen LogP contribution in [0.25, 0.3) is 0 Å². The molecule has 2 aliphatic carbocycles. The number of aryl methyl sites for hydroxylation is 2. The number of halogens is 1. The fourth-order valence-corrected chi connectivity index (χ4v) is 10.3. The Morgan fingerprint density at radius 1 is 1.18 bits per heavy atom. The molecule has 0 radical (unpaired) electrons. The average molecular weight is 706 g/mol. The number of rotatable bonds is 6. The zero-order chi connectivity index (χ0) is 34.0. The molecule has 5 atom stereocenters. The molecule has 1 spiro atoms. The summed E-state index contributed by atoms with van der Waals surface area (Å²) in [5.41, 5.74) is 3.50. The van der Waals surface area contributed by atoms with Gasteiger partial charge < -0.3 is 14.4 Å². The van der Waals surface area contributed by atoms with Crippen LogP contribution in [0.1, 0.15) is 66.4 Å². The highest BCUT2D eigenvalue weighted by atomic mass is 35.5. The van der Waals surface area contributed by atoms with Gasteiger partial charge in [0.1, 0.15) is 24.2 Å². The standard InChI is InChI=1S/C37H44ClN5O5S/c1-47-34-7-3-2-4-17-49(46,21-30(44)14-16-43-25-39-24-40-43)41-36(45)27-9-13-35-33(19-27)42(20-28-8-11-31(28)34)22-37(23-48-35)15-5-6-26-18-29(38)10-12-32(26)37/h3,7,9-10,12-13,18-19,24-25,28,31,34H,2,4-6,8,11,14-17,20-23H2,1H3/b7-3+/t28-,31+,34-,37-,49+/m0/s1. The van der Waals surface area contributed by atoms with E-state index < -0.39 is 15.6 Å². The van der Waals surface area contributed by atoms with Gasteiger partial charge in [-0.05, 0) is 98.2 Å². The molecule has 1 fully saturated rings. The quantitative estimate of drug-likeness (QED) is 0.284. The molecule has 4 aliphatic rings. The van der Waals surface area contributed by atoms with Gasteiger partial charge >= 0.3 is 0 Å². The summed E-state index contributed by atoms with van der Waals surface area (Å²) >= 11 is 6.45. The summed E-state index contributed by atoms with van der Waals surface area (Å²) in [6.07, 6.45) is 13.6. The molecule has 7 rings (SSSR count). The minimum Gasteiger partial charge on any atom is -0.490 e. The predicted molar refractivity (Wildman–Crippen MR) is 190 cm³/mol. The van der Waals surface area contributed by atoms with E-state index in [2.05, 4.69) is 43.6 Å². The molecule has 3 heterocycles. The number of benzene rings is 2. The SMILES string of the molecule is CO[C@H]1/C=C/CCC[S@@](=O)(CC(=O)CCn2cncn2)=NC(=O)c2ccc3c(c2)N(C[C@@H]2CC[C@H]21)C[C@@]1(CCCc2cc(Cl)ccc21)CO3. The van der Waals surface area contributed by atoms with E-state index in [1.54, 1.807) is 17.9 Å². The third kappa shape index (κ3) is 7.35. The van der Waals surface area contributed by atoms with E-state index in [1.807, 2.05) is 18.2 Å². The molecule has 2 aliphatic heterocycles. The number of carbonyl (C=O) groups is 2. The summed E-state index contributed by atoms with van der Waals surface area (Å²) in [6.45, 7) is 2.37. The number of hydrogen-bond donors (Lipinski definition) is 0. The van der Waals surface area contributed by atoms with Crippen LogP contribution in [0.5, 0.6) is 5.75 Å². The molecule has 3 aromatic rings. The first-order valence-electron chi connectivity index (χ1n) is 17.4. The Labute approximate surface area is 293 Å². The van der Waals surface area contributed by atoms with Gasteiger partial charge in [-0.1, -0.05) is 29.8 Å². The molecule has 0 unspecified atom stereocenters. The van der Waals surface area contributed by atoms with E-state index >= 15 is 0 Å². The lowest BCUT2D eigenvalue weighted by Crippen LogP contribution is -2.49. The molecule has 10 nitrogen and oxygen atoms in total. The van der Waals surface area contributed by atoms with Gasteiger partial charge in [0.15, 0.2) is 0 Å². The van der Waals surface area contributed by atoms with Crippen LogP contribution in [0.3, 0.4) is 0 Å². The van der Waals surface area contributed by atoms with Crippen molar-refractivity contribution in [1.29, 1.82) is 0 Å². The van der Waals surface area contributed by atoms with Crippen LogP contribution in [0, 0.1) is 11.8 Å². The number of carbonyl (C=O) groups excluding carboxylic acids is 2. The Balaban J connectivity index is 1.25. The van der Waals surface area contributed by atoms with Crippen molar-refractivity contribution in [3.05, 3.63) is 82.9 Å². The second kappa shape index (κ2) is 14.4. The molecule has 49 heavy (non-hydrogen) atoms. The summed E-state index contributed by atoms with van der Waals surface area (Å²) in [5.74, 6) is 0.558. The fraction of sp³-hybridized carbons (Fsp3) is 0.514. The summed E-state index contributed by atoms with van der Waals surface area (Å²) < 4.78 is 32.8. The molecule has 1 amide bonds. The molecule has 12 heteroatoms. The monoisotopic (exact) mass is 705 g/mol. The third-order valence-electron chi connectivity index (χ3n) is 10.8. The van der Waals surface area contributed by atoms with Crippen molar-refractivity contribution in [3.8, 4) is 5.75 Å². The van der Waals surface area contributed by atoms with Gasteiger partial charge in [0, 0.05) is 54.9 Å². The van der Waals surface area contributed by atoms with E-state index in [0.29, 0.717) is 43.4 Å². The molecule has 2 aromatic carbocycles. The maximum atomic E-state index is 14.3. The summed E-state index contributed by atoms with van der Waals surface area (Å²) in [7, 11) is -1.41. The largest absolute Gasteiger partial charge is 0.490 e. The highest BCUT2D eigenvalue weighted by Gasteiger charge is 2.44. The van der Waals surface area contributed by atoms with Gasteiger partial charge in [-0.3, -0.25) is 14.3 Å². The van der Waals surface area contributed by atoms with E-state index in [-0.39, 0.29) is 35.2 Å². The van der Waals surface area contributed by atoms with Gasteiger partial charge in [0.2, 0.25) is 0 Å². The zero-order valence-electron chi connectivity index (χ0n) is 28.0. The first kappa shape index (κ1) is 33.9. The van der Waals surface area contributed by atoms with Crippen molar-refractivity contribution < 1.29 is 23.3 Å². The van der Waals surface area contributed by atoms with Crippen LogP contribution in [-0.4, -0.2) is 75.1 Å². The lowest BCUT2D eigenvalue weighted by atomic mass is 9.68. The molecule has 1 saturated carbocycles. The van der Waals surface area contributed by atoms with Gasteiger partial charge in [0.05, 0.1) is 33.9 Å². The van der Waals surface area contributed by atoms with E-state index in [9.17, 15) is 13.8 Å². The Morgan fingerprint density at radius 2 is 2.08 bits per heavy atom. The zero-order valence-corrected chi connectivity index (χ0v) is 29.5. The number of Topliss-reactive ketones (excluding diaryl/α,β-unsaturated/α-hetero) is 1. The molecule has 2 bridgehead atoms. The van der Waals surface area contributed by atoms with Crippen LogP contribution in [0.2, 0.25) is 5.02 Å². The molecule has 0 saturated heterocycles. The van der Waals surface area contributed by atoms with Gasteiger partial charge in [-0.25, -0.2) is 9.19 Å². The summed E-state index contributed by atoms with van der Waals surface area (Å²) in [6, 6.07) is 11.7. The van der Waals surface area contributed by atoms with E-state index in [1.165, 1.54) is 23.8 Å². The average Bonchev–Trinajstić information content (AvgIpc) is 3.55. The van der Waals surface area contributed by atoms with Gasteiger partial charge in [-0.2, -0.15) is 9.46 Å². The third-order valence-corrected chi connectivity index (χ3v) is 13.2. The van der Waals surface area contributed by atoms with Gasteiger partial charge in [0.25, 0.3) is 5.91 Å². The number of amides is 1. The molecule has 0 N–H and O–H groups in total. The Morgan fingerprint density at radius 3 is 2.88 bits per heavy atom. The topological polar surface area (TPSA) is 116 Å². The number of ketones is 1. The van der Waals surface area contributed by atoms with Crippen LogP contribution < -0.4 is 9.64 Å². The molecule has 1 aromatic heterocycles. The highest BCUT2D eigenvalue weighted by molar-refractivity contribution is 7.94. The molecular weight excluding hydrogens is 662 g/mol. The first-order chi connectivity index (χ1) is 23.7. The van der Waals surface area contributed by atoms with Crippen molar-refractivity contribution in [1.82, 2.24) is 14.8 Å². The van der Waals surface area contributed by atoms with Crippen LogP contribution in [-0.2, 0) is 37.6 Å². The normalized spacial score (nSPS) is 29.1. The number of nitrogens with zero attached hydrogens (tertiary/aromatic N) is 5. The van der Waals surface area contributed by atoms with Crippen molar-refractivity contribution in [2.24, 2.45) is 16.2 Å². The summed E-state index contributed by atoms with van der Waals surface area (Å²) in [4.78, 5) is 33.2. The minimum atomic E-state index is -3.17. The molecular formula is C37H44ClN5O5S. The molecule has 260 valence electrons. The Bertz CT molecular complexity index is 1850. The number of methoxy groups -OCH3 is 1. The minimum absolute atomic E-state index is 0.0267. The van der Waals surface area contributed by atoms with Crippen molar-refractivity contribution in [2.45, 2.75) is 69.4 Å². The lowest BCUT2D eigenvalue weighted by Gasteiger charge is -2.46. The van der Waals surface area contributed by atoms with E-state index in [0.717, 1.165) is 61.7 Å². The maximum absolute atomic E-state index is 14.3. The van der Waals surface area contributed by atoms with Crippen LogP contribution in [0.15, 0.2) is 65.6 Å². The van der Waals surface area contributed by atoms with Crippen molar-refractivity contribution >= 4 is 38.7 Å². The smallest absolute Gasteiger partial charge is 0.285 e.